The van der Waals surface area contributed by atoms with Gasteiger partial charge < -0.3 is 4.74 Å². The zero-order valence-electron chi connectivity index (χ0n) is 14.7. The Bertz CT molecular complexity index is 1020. The van der Waals surface area contributed by atoms with Crippen molar-refractivity contribution >= 4 is 21.4 Å². The highest BCUT2D eigenvalue weighted by Gasteiger charge is 2.21. The number of nitrogens with one attached hydrogen (secondary N) is 1. The molecule has 8 heteroatoms. The lowest BCUT2D eigenvalue weighted by molar-refractivity contribution is 0.401. The number of hydrogen-bond acceptors (Lipinski definition) is 6. The number of sulfonamides is 1. The third-order valence-corrected chi connectivity index (χ3v) is 6.23. The van der Waals surface area contributed by atoms with E-state index in [2.05, 4.69) is 14.7 Å². The molecule has 0 fully saturated rings. The van der Waals surface area contributed by atoms with Crippen molar-refractivity contribution in [2.45, 2.75) is 25.3 Å². The van der Waals surface area contributed by atoms with E-state index in [4.69, 9.17) is 4.74 Å². The third-order valence-electron chi connectivity index (χ3n) is 3.96. The van der Waals surface area contributed by atoms with E-state index in [0.717, 1.165) is 22.5 Å². The molecule has 0 unspecified atom stereocenters. The number of nitrogens with zero attached hydrogens (tertiary/aromatic N) is 2. The topological polar surface area (TPSA) is 81.2 Å². The lowest BCUT2D eigenvalue weighted by Gasteiger charge is -2.12. The van der Waals surface area contributed by atoms with Crippen LogP contribution in [-0.4, -0.2) is 25.5 Å². The van der Waals surface area contributed by atoms with Crippen LogP contribution < -0.4 is 9.46 Å². The van der Waals surface area contributed by atoms with Gasteiger partial charge in [-0.2, -0.15) is 0 Å². The molecule has 136 valence electrons. The smallest absolute Gasteiger partial charge is 0.244 e. The minimum absolute atomic E-state index is 0.107. The first-order chi connectivity index (χ1) is 12.4. The van der Waals surface area contributed by atoms with Crippen LogP contribution in [0, 0.1) is 13.8 Å². The second kappa shape index (κ2) is 7.53. The average molecular weight is 390 g/mol. The molecule has 0 aliphatic rings. The minimum Gasteiger partial charge on any atom is -0.495 e. The molecule has 0 atom stereocenters. The number of hydrogen-bond donors (Lipinski definition) is 1. The zero-order valence-corrected chi connectivity index (χ0v) is 16.3. The number of methoxy groups -OCH3 is 1. The Morgan fingerprint density at radius 3 is 2.62 bits per heavy atom. The van der Waals surface area contributed by atoms with Crippen LogP contribution in [0.1, 0.15) is 16.1 Å². The highest BCUT2D eigenvalue weighted by atomic mass is 32.2. The molecule has 6 nitrogen and oxygen atoms in total. The number of thiazole rings is 1. The fourth-order valence-electron chi connectivity index (χ4n) is 2.39. The lowest BCUT2D eigenvalue weighted by atomic mass is 10.1. The van der Waals surface area contributed by atoms with Crippen LogP contribution in [0.5, 0.6) is 5.75 Å². The first kappa shape index (κ1) is 18.5. The van der Waals surface area contributed by atoms with Crippen LogP contribution in [-0.2, 0) is 16.6 Å². The molecule has 0 radical (unpaired) electrons. The monoisotopic (exact) mass is 389 g/mol. The minimum atomic E-state index is -3.72. The van der Waals surface area contributed by atoms with Crippen LogP contribution in [0.4, 0.5) is 0 Å². The van der Waals surface area contributed by atoms with Crippen molar-refractivity contribution in [2.24, 2.45) is 0 Å². The summed E-state index contributed by atoms with van der Waals surface area (Å²) in [6, 6.07) is 8.94. The molecule has 0 aliphatic carbocycles. The largest absolute Gasteiger partial charge is 0.495 e. The molecule has 1 N–H and O–H groups in total. The molecular weight excluding hydrogens is 370 g/mol. The van der Waals surface area contributed by atoms with E-state index in [1.807, 2.05) is 37.4 Å². The Labute approximate surface area is 157 Å². The van der Waals surface area contributed by atoms with Gasteiger partial charge >= 0.3 is 0 Å². The van der Waals surface area contributed by atoms with E-state index in [1.165, 1.54) is 18.4 Å². The fraction of sp³-hybridized carbons (Fsp3) is 0.222. The maximum Gasteiger partial charge on any atom is 0.244 e. The van der Waals surface area contributed by atoms with Gasteiger partial charge in [0.1, 0.15) is 15.7 Å². The van der Waals surface area contributed by atoms with Gasteiger partial charge in [-0.3, -0.25) is 4.98 Å². The van der Waals surface area contributed by atoms with Crippen LogP contribution in [0.15, 0.2) is 46.8 Å². The van der Waals surface area contributed by atoms with Crippen molar-refractivity contribution in [1.29, 1.82) is 0 Å². The number of aromatic nitrogens is 2. The summed E-state index contributed by atoms with van der Waals surface area (Å²) in [5.41, 5.74) is 3.35. The molecule has 0 amide bonds. The third kappa shape index (κ3) is 3.92. The van der Waals surface area contributed by atoms with Gasteiger partial charge in [0.25, 0.3) is 0 Å². The molecule has 0 aliphatic heterocycles. The van der Waals surface area contributed by atoms with Gasteiger partial charge in [-0.1, -0.05) is 6.07 Å². The zero-order chi connectivity index (χ0) is 18.7. The van der Waals surface area contributed by atoms with Crippen molar-refractivity contribution in [2.75, 3.05) is 7.11 Å². The number of benzene rings is 1. The van der Waals surface area contributed by atoms with E-state index >= 15 is 0 Å². The van der Waals surface area contributed by atoms with E-state index in [-0.39, 0.29) is 11.4 Å². The summed E-state index contributed by atoms with van der Waals surface area (Å²) in [4.78, 5) is 8.83. The van der Waals surface area contributed by atoms with E-state index in [0.29, 0.717) is 10.8 Å². The number of pyridine rings is 1. The molecule has 0 bridgehead atoms. The van der Waals surface area contributed by atoms with E-state index < -0.39 is 10.0 Å². The van der Waals surface area contributed by atoms with Gasteiger partial charge in [0.2, 0.25) is 10.0 Å². The molecule has 3 aromatic rings. The summed E-state index contributed by atoms with van der Waals surface area (Å²) in [5, 5.41) is 2.53. The second-order valence-corrected chi connectivity index (χ2v) is 8.43. The summed E-state index contributed by atoms with van der Waals surface area (Å²) in [6.07, 6.45) is 1.70. The summed E-state index contributed by atoms with van der Waals surface area (Å²) in [7, 11) is -2.26. The second-order valence-electron chi connectivity index (χ2n) is 5.75. The maximum atomic E-state index is 12.7. The summed E-state index contributed by atoms with van der Waals surface area (Å²) in [6.45, 7) is 3.89. The van der Waals surface area contributed by atoms with Gasteiger partial charge in [-0.05, 0) is 49.2 Å². The molecule has 3 rings (SSSR count). The van der Waals surface area contributed by atoms with Gasteiger partial charge in [-0.15, -0.1) is 11.3 Å². The van der Waals surface area contributed by atoms with Gasteiger partial charge in [0.05, 0.1) is 25.0 Å². The molecular formula is C18H19N3O3S2. The maximum absolute atomic E-state index is 12.7. The lowest BCUT2D eigenvalue weighted by Crippen LogP contribution is -2.24. The SMILES string of the molecule is COc1cc(C)c(C)cc1S(=O)(=O)NCc1nc(-c2ccccn2)cs1. The standard InChI is InChI=1S/C18H19N3O3S2/c1-12-8-16(24-3)17(9-13(12)2)26(22,23)20-10-18-21-15(11-25-18)14-6-4-5-7-19-14/h4-9,11,20H,10H2,1-3H3. The Hall–Kier alpha value is -2.29. The van der Waals surface area contributed by atoms with Crippen molar-refractivity contribution in [1.82, 2.24) is 14.7 Å². The van der Waals surface area contributed by atoms with Crippen molar-refractivity contribution in [3.05, 3.63) is 58.0 Å². The Morgan fingerprint density at radius 2 is 1.92 bits per heavy atom. The number of aryl methyl sites for hydroxylation is 2. The van der Waals surface area contributed by atoms with E-state index in [9.17, 15) is 8.42 Å². The average Bonchev–Trinajstić information content (AvgIpc) is 3.12. The summed E-state index contributed by atoms with van der Waals surface area (Å²) >= 11 is 1.39. The summed E-state index contributed by atoms with van der Waals surface area (Å²) in [5.74, 6) is 0.328. The van der Waals surface area contributed by atoms with Gasteiger partial charge in [0, 0.05) is 11.6 Å². The van der Waals surface area contributed by atoms with Crippen molar-refractivity contribution in [3.8, 4) is 17.1 Å². The van der Waals surface area contributed by atoms with Gasteiger partial charge in [0.15, 0.2) is 0 Å². The Morgan fingerprint density at radius 1 is 1.15 bits per heavy atom. The van der Waals surface area contributed by atoms with Crippen LogP contribution in [0.25, 0.3) is 11.4 Å². The Balaban J connectivity index is 1.79. The number of rotatable bonds is 6. The highest BCUT2D eigenvalue weighted by molar-refractivity contribution is 7.89. The van der Waals surface area contributed by atoms with E-state index in [1.54, 1.807) is 18.3 Å². The molecule has 0 saturated heterocycles. The van der Waals surface area contributed by atoms with Crippen molar-refractivity contribution in [3.63, 3.8) is 0 Å². The van der Waals surface area contributed by atoms with Gasteiger partial charge in [-0.25, -0.2) is 18.1 Å². The van der Waals surface area contributed by atoms with Crippen LogP contribution in [0.2, 0.25) is 0 Å². The quantitative estimate of drug-likeness (QED) is 0.699. The molecule has 26 heavy (non-hydrogen) atoms. The van der Waals surface area contributed by atoms with Crippen molar-refractivity contribution < 1.29 is 13.2 Å². The fourth-order valence-corrected chi connectivity index (χ4v) is 4.43. The normalized spacial score (nSPS) is 11.5. The Kier molecular flexibility index (Phi) is 5.36. The first-order valence-corrected chi connectivity index (χ1v) is 10.3. The molecule has 1 aromatic carbocycles. The predicted molar refractivity (Wildman–Crippen MR) is 102 cm³/mol. The number of ether oxygens (including phenoxy) is 1. The van der Waals surface area contributed by atoms with Crippen LogP contribution in [0.3, 0.4) is 0 Å². The predicted octanol–water partition coefficient (Wildman–Crippen LogP) is 3.31. The molecule has 0 saturated carbocycles. The highest BCUT2D eigenvalue weighted by Crippen LogP contribution is 2.27. The molecule has 2 heterocycles. The first-order valence-electron chi connectivity index (χ1n) is 7.91. The molecule has 0 spiro atoms. The van der Waals surface area contributed by atoms with Crippen LogP contribution >= 0.6 is 11.3 Å². The summed E-state index contributed by atoms with van der Waals surface area (Å²) < 4.78 is 33.2. The molecule has 2 aromatic heterocycles.